The van der Waals surface area contributed by atoms with E-state index >= 15 is 0 Å². The maximum Gasteiger partial charge on any atom is 0.259 e. The van der Waals surface area contributed by atoms with Crippen LogP contribution in [0, 0.1) is 0 Å². The van der Waals surface area contributed by atoms with Gasteiger partial charge in [0, 0.05) is 35.6 Å². The number of nitrogens with one attached hydrogen (secondary N) is 2. The molecule has 33 heavy (non-hydrogen) atoms. The van der Waals surface area contributed by atoms with Crippen molar-refractivity contribution in [2.24, 2.45) is 9.98 Å². The smallest absolute Gasteiger partial charge is 0.259 e. The first-order valence-corrected chi connectivity index (χ1v) is 12.2. The molecule has 0 aliphatic carbocycles. The number of hydrogen-bond donors (Lipinski definition) is 2. The van der Waals surface area contributed by atoms with Crippen molar-refractivity contribution in [1.29, 1.82) is 0 Å². The van der Waals surface area contributed by atoms with Gasteiger partial charge in [-0.05, 0) is 30.2 Å². The molecule has 0 spiro atoms. The van der Waals surface area contributed by atoms with Crippen LogP contribution >= 0.6 is 11.8 Å². The Bertz CT molecular complexity index is 1280. The Kier molecular flexibility index (Phi) is 6.00. The minimum atomic E-state index is -0.533. The summed E-state index contributed by atoms with van der Waals surface area (Å²) < 4.78 is 0. The van der Waals surface area contributed by atoms with Crippen molar-refractivity contribution >= 4 is 51.2 Å². The Morgan fingerprint density at radius 1 is 1.18 bits per heavy atom. The highest BCUT2D eigenvalue weighted by molar-refractivity contribution is 8.14. The average molecular weight is 460 g/mol. The molecule has 2 aliphatic heterocycles. The number of rotatable bonds is 7. The number of unbranched alkanes of at least 4 members (excludes halogenated alkanes) is 1. The van der Waals surface area contributed by atoms with E-state index in [1.165, 1.54) is 11.8 Å². The van der Waals surface area contributed by atoms with E-state index in [0.717, 1.165) is 40.6 Å². The molecular formula is C25H25N5O2S. The van der Waals surface area contributed by atoms with Gasteiger partial charge in [0.1, 0.15) is 11.9 Å². The third-order valence-electron chi connectivity index (χ3n) is 5.82. The highest BCUT2D eigenvalue weighted by Crippen LogP contribution is 2.34. The van der Waals surface area contributed by atoms with Gasteiger partial charge in [-0.15, -0.1) is 0 Å². The van der Waals surface area contributed by atoms with Crippen molar-refractivity contribution in [3.05, 3.63) is 65.9 Å². The zero-order chi connectivity index (χ0) is 22.8. The van der Waals surface area contributed by atoms with Gasteiger partial charge in [0.2, 0.25) is 5.91 Å². The number of amidine groups is 2. The van der Waals surface area contributed by atoms with E-state index in [2.05, 4.69) is 23.3 Å². The van der Waals surface area contributed by atoms with E-state index < -0.39 is 6.04 Å². The predicted octanol–water partition coefficient (Wildman–Crippen LogP) is 4.02. The topological polar surface area (TPSA) is 89.9 Å². The van der Waals surface area contributed by atoms with Gasteiger partial charge in [-0.1, -0.05) is 55.4 Å². The van der Waals surface area contributed by atoms with E-state index in [0.29, 0.717) is 24.0 Å². The molecule has 3 heterocycles. The van der Waals surface area contributed by atoms with Crippen LogP contribution in [0.25, 0.3) is 10.9 Å². The number of thioether (sulfide) groups is 1. The summed E-state index contributed by atoms with van der Waals surface area (Å²) in [5, 5.41) is 4.52. The highest BCUT2D eigenvalue weighted by Gasteiger charge is 2.41. The minimum Gasteiger partial charge on any atom is -0.361 e. The number of hydrogen-bond acceptors (Lipinski definition) is 5. The lowest BCUT2D eigenvalue weighted by Gasteiger charge is -2.25. The molecule has 5 rings (SSSR count). The molecule has 2 aromatic carbocycles. The highest BCUT2D eigenvalue weighted by atomic mass is 32.2. The fraction of sp³-hybridized carbons (Fsp3) is 0.280. The molecule has 1 atom stereocenters. The van der Waals surface area contributed by atoms with Crippen LogP contribution in [0.3, 0.4) is 0 Å². The van der Waals surface area contributed by atoms with Crippen molar-refractivity contribution in [1.82, 2.24) is 15.2 Å². The van der Waals surface area contributed by atoms with E-state index in [4.69, 9.17) is 9.98 Å². The van der Waals surface area contributed by atoms with Gasteiger partial charge in [-0.2, -0.15) is 0 Å². The Hall–Kier alpha value is -3.39. The number of aromatic amines is 1. The SMILES string of the molecule is CCCCNC(=O)CSC1=Nc2ccccc2C2=NC(Cc3c[nH]c4ccccc34)C(=O)N12. The molecule has 0 saturated heterocycles. The van der Waals surface area contributed by atoms with Crippen LogP contribution in [0.2, 0.25) is 0 Å². The lowest BCUT2D eigenvalue weighted by atomic mass is 10.1. The predicted molar refractivity (Wildman–Crippen MR) is 133 cm³/mol. The van der Waals surface area contributed by atoms with Gasteiger partial charge >= 0.3 is 0 Å². The largest absolute Gasteiger partial charge is 0.361 e. The van der Waals surface area contributed by atoms with Crippen LogP contribution in [0.4, 0.5) is 5.69 Å². The Balaban J connectivity index is 1.40. The normalized spacial score (nSPS) is 16.9. The lowest BCUT2D eigenvalue weighted by molar-refractivity contribution is -0.124. The van der Waals surface area contributed by atoms with Gasteiger partial charge < -0.3 is 10.3 Å². The maximum absolute atomic E-state index is 13.5. The minimum absolute atomic E-state index is 0.0597. The summed E-state index contributed by atoms with van der Waals surface area (Å²) in [4.78, 5) is 40.1. The molecule has 1 aromatic heterocycles. The lowest BCUT2D eigenvalue weighted by Crippen LogP contribution is -2.42. The van der Waals surface area contributed by atoms with Crippen LogP contribution in [0.15, 0.2) is 64.7 Å². The number of H-pyrrole nitrogens is 1. The molecule has 2 amide bonds. The molecule has 7 nitrogen and oxygen atoms in total. The number of fused-ring (bicyclic) bond motifs is 4. The average Bonchev–Trinajstić information content (AvgIpc) is 3.39. The first-order chi connectivity index (χ1) is 16.2. The molecule has 168 valence electrons. The Morgan fingerprint density at radius 3 is 2.88 bits per heavy atom. The Labute approximate surface area is 196 Å². The van der Waals surface area contributed by atoms with Crippen molar-refractivity contribution in [3.8, 4) is 0 Å². The number of benzene rings is 2. The second-order valence-corrected chi connectivity index (χ2v) is 9.05. The number of aromatic nitrogens is 1. The molecule has 0 saturated carbocycles. The van der Waals surface area contributed by atoms with E-state index in [9.17, 15) is 9.59 Å². The van der Waals surface area contributed by atoms with Gasteiger partial charge in [-0.25, -0.2) is 9.89 Å². The zero-order valence-electron chi connectivity index (χ0n) is 18.4. The maximum atomic E-state index is 13.5. The van der Waals surface area contributed by atoms with Gasteiger partial charge in [-0.3, -0.25) is 14.6 Å². The van der Waals surface area contributed by atoms with Crippen molar-refractivity contribution in [2.75, 3.05) is 12.3 Å². The first-order valence-electron chi connectivity index (χ1n) is 11.2. The molecule has 0 fully saturated rings. The molecule has 3 aromatic rings. The third kappa shape index (κ3) is 4.18. The summed E-state index contributed by atoms with van der Waals surface area (Å²) in [7, 11) is 0. The van der Waals surface area contributed by atoms with Crippen LogP contribution < -0.4 is 5.32 Å². The standard InChI is InChI=1S/C25H25N5O2S/c1-2-3-12-26-22(31)15-33-25-29-20-11-7-5-9-18(20)23-28-21(24(32)30(23)25)13-16-14-27-19-10-6-4-8-17(16)19/h4-11,14,21,27H,2-3,12-13,15H2,1H3,(H,26,31). The molecule has 0 radical (unpaired) electrons. The summed E-state index contributed by atoms with van der Waals surface area (Å²) in [6.07, 6.45) is 4.42. The van der Waals surface area contributed by atoms with Gasteiger partial charge in [0.05, 0.1) is 11.4 Å². The molecular weight excluding hydrogens is 434 g/mol. The third-order valence-corrected chi connectivity index (χ3v) is 6.76. The first kappa shape index (κ1) is 21.5. The summed E-state index contributed by atoms with van der Waals surface area (Å²) >= 11 is 1.28. The summed E-state index contributed by atoms with van der Waals surface area (Å²) in [5.41, 5.74) is 3.70. The van der Waals surface area contributed by atoms with E-state index in [1.807, 2.05) is 48.7 Å². The summed E-state index contributed by atoms with van der Waals surface area (Å²) in [6.45, 7) is 2.74. The second-order valence-electron chi connectivity index (χ2n) is 8.11. The van der Waals surface area contributed by atoms with Gasteiger partial charge in [0.15, 0.2) is 5.17 Å². The van der Waals surface area contributed by atoms with Crippen molar-refractivity contribution in [3.63, 3.8) is 0 Å². The molecule has 1 unspecified atom stereocenters. The zero-order valence-corrected chi connectivity index (χ0v) is 19.2. The van der Waals surface area contributed by atoms with E-state index in [-0.39, 0.29) is 17.6 Å². The van der Waals surface area contributed by atoms with Crippen LogP contribution in [0.5, 0.6) is 0 Å². The fourth-order valence-electron chi connectivity index (χ4n) is 4.13. The summed E-state index contributed by atoms with van der Waals surface area (Å²) in [6, 6.07) is 15.2. The molecule has 2 aliphatic rings. The number of carbonyl (C=O) groups excluding carboxylic acids is 2. The van der Waals surface area contributed by atoms with E-state index in [1.54, 1.807) is 4.90 Å². The van der Waals surface area contributed by atoms with Crippen LogP contribution in [-0.4, -0.2) is 51.0 Å². The second kappa shape index (κ2) is 9.23. The molecule has 0 bridgehead atoms. The van der Waals surface area contributed by atoms with Crippen molar-refractivity contribution < 1.29 is 9.59 Å². The number of aliphatic imine (C=N–C) groups is 2. The monoisotopic (exact) mass is 459 g/mol. The number of para-hydroxylation sites is 2. The molecule has 8 heteroatoms. The van der Waals surface area contributed by atoms with Gasteiger partial charge in [0.25, 0.3) is 5.91 Å². The summed E-state index contributed by atoms with van der Waals surface area (Å²) in [5.74, 6) is 0.650. The number of amides is 2. The number of nitrogens with zero attached hydrogens (tertiary/aromatic N) is 3. The number of carbonyl (C=O) groups is 2. The quantitative estimate of drug-likeness (QED) is 0.523. The van der Waals surface area contributed by atoms with Crippen LogP contribution in [-0.2, 0) is 16.0 Å². The van der Waals surface area contributed by atoms with Crippen molar-refractivity contribution in [2.45, 2.75) is 32.2 Å². The fourth-order valence-corrected chi connectivity index (χ4v) is 4.96. The molecule has 2 N–H and O–H groups in total. The van der Waals surface area contributed by atoms with Crippen LogP contribution in [0.1, 0.15) is 30.9 Å². The Morgan fingerprint density at radius 2 is 2.00 bits per heavy atom.